The molecule has 4 nitrogen and oxygen atoms in total. The van der Waals surface area contributed by atoms with Gasteiger partial charge >= 0.3 is 0 Å². The summed E-state index contributed by atoms with van der Waals surface area (Å²) >= 11 is 0. The first-order chi connectivity index (χ1) is 10.4. The van der Waals surface area contributed by atoms with Crippen LogP contribution in [0.4, 0.5) is 0 Å². The Morgan fingerprint density at radius 3 is 2.36 bits per heavy atom. The van der Waals surface area contributed by atoms with Crippen LogP contribution in [0, 0.1) is 0 Å². The quantitative estimate of drug-likeness (QED) is 0.726. The number of aryl methyl sites for hydroxylation is 1. The van der Waals surface area contributed by atoms with E-state index in [4.69, 9.17) is 0 Å². The van der Waals surface area contributed by atoms with Crippen molar-refractivity contribution in [2.45, 2.75) is 39.7 Å². The Kier molecular flexibility index (Phi) is 3.39. The Morgan fingerprint density at radius 1 is 1.09 bits per heavy atom. The molecule has 4 heteroatoms. The predicted molar refractivity (Wildman–Crippen MR) is 89.3 cm³/mol. The van der Waals surface area contributed by atoms with E-state index >= 15 is 0 Å². The van der Waals surface area contributed by atoms with Crippen LogP contribution < -0.4 is 5.56 Å². The Balaban J connectivity index is 2.42. The van der Waals surface area contributed by atoms with Gasteiger partial charge in [0.05, 0.1) is 11.4 Å². The molecule has 3 aromatic rings. The topological polar surface area (TPSA) is 39.3 Å². The van der Waals surface area contributed by atoms with Crippen molar-refractivity contribution in [1.29, 1.82) is 0 Å². The maximum absolute atomic E-state index is 12.6. The SMILES string of the molecule is CCn1ccn2c(C(C)(C)C)c(-c3ccccc3)nc2c1=O. The molecule has 0 radical (unpaired) electrons. The van der Waals surface area contributed by atoms with Gasteiger partial charge in [-0.1, -0.05) is 51.1 Å². The van der Waals surface area contributed by atoms with Crippen LogP contribution in [-0.4, -0.2) is 14.0 Å². The van der Waals surface area contributed by atoms with E-state index in [-0.39, 0.29) is 11.0 Å². The van der Waals surface area contributed by atoms with E-state index in [1.807, 2.05) is 54.0 Å². The molecule has 0 saturated carbocycles. The van der Waals surface area contributed by atoms with Crippen molar-refractivity contribution in [3.8, 4) is 11.3 Å². The third-order valence-corrected chi connectivity index (χ3v) is 3.86. The van der Waals surface area contributed by atoms with Gasteiger partial charge in [-0.2, -0.15) is 0 Å². The monoisotopic (exact) mass is 295 g/mol. The molecule has 22 heavy (non-hydrogen) atoms. The zero-order chi connectivity index (χ0) is 15.9. The average Bonchev–Trinajstić information content (AvgIpc) is 2.89. The molecule has 0 amide bonds. The lowest BCUT2D eigenvalue weighted by atomic mass is 9.89. The number of aromatic nitrogens is 3. The molecule has 0 aliphatic rings. The molecule has 0 fully saturated rings. The molecule has 2 heterocycles. The van der Waals surface area contributed by atoms with Crippen LogP contribution >= 0.6 is 0 Å². The molecule has 3 rings (SSSR count). The summed E-state index contributed by atoms with van der Waals surface area (Å²) in [5, 5.41) is 0. The van der Waals surface area contributed by atoms with Crippen molar-refractivity contribution in [3.63, 3.8) is 0 Å². The molecule has 0 N–H and O–H groups in total. The zero-order valence-corrected chi connectivity index (χ0v) is 13.5. The molecule has 0 unspecified atom stereocenters. The van der Waals surface area contributed by atoms with E-state index in [0.717, 1.165) is 17.0 Å². The molecule has 0 atom stereocenters. The summed E-state index contributed by atoms with van der Waals surface area (Å²) in [6.07, 6.45) is 3.78. The molecule has 2 aromatic heterocycles. The Bertz CT molecular complexity index is 867. The van der Waals surface area contributed by atoms with Crippen LogP contribution in [0.3, 0.4) is 0 Å². The average molecular weight is 295 g/mol. The van der Waals surface area contributed by atoms with Crippen molar-refractivity contribution in [2.24, 2.45) is 0 Å². The summed E-state index contributed by atoms with van der Waals surface area (Å²) in [5.74, 6) is 0. The molecular weight excluding hydrogens is 274 g/mol. The van der Waals surface area contributed by atoms with Crippen LogP contribution in [0.15, 0.2) is 47.5 Å². The van der Waals surface area contributed by atoms with Gasteiger partial charge in [-0.05, 0) is 6.92 Å². The van der Waals surface area contributed by atoms with Crippen molar-refractivity contribution in [3.05, 3.63) is 58.8 Å². The number of imidazole rings is 1. The third kappa shape index (κ3) is 2.25. The molecule has 0 aliphatic heterocycles. The number of hydrogen-bond acceptors (Lipinski definition) is 2. The van der Waals surface area contributed by atoms with E-state index < -0.39 is 0 Å². The van der Waals surface area contributed by atoms with Gasteiger partial charge in [0.15, 0.2) is 0 Å². The first-order valence-corrected chi connectivity index (χ1v) is 7.61. The summed E-state index contributed by atoms with van der Waals surface area (Å²) in [6, 6.07) is 10.1. The van der Waals surface area contributed by atoms with Gasteiger partial charge in [-0.3, -0.25) is 9.20 Å². The molecule has 0 saturated heterocycles. The van der Waals surface area contributed by atoms with Gasteiger partial charge in [0, 0.05) is 29.9 Å². The fourth-order valence-corrected chi connectivity index (χ4v) is 2.83. The molecule has 1 aromatic carbocycles. The van der Waals surface area contributed by atoms with Gasteiger partial charge in [0.25, 0.3) is 5.56 Å². The van der Waals surface area contributed by atoms with E-state index in [1.54, 1.807) is 4.57 Å². The van der Waals surface area contributed by atoms with Gasteiger partial charge in [-0.15, -0.1) is 0 Å². The molecule has 0 bridgehead atoms. The maximum atomic E-state index is 12.6. The van der Waals surface area contributed by atoms with E-state index in [1.165, 1.54) is 0 Å². The Labute approximate surface area is 130 Å². The second-order valence-corrected chi connectivity index (χ2v) is 6.51. The normalized spacial score (nSPS) is 12.0. The van der Waals surface area contributed by atoms with E-state index in [2.05, 4.69) is 25.8 Å². The minimum Gasteiger partial charge on any atom is -0.311 e. The molecule has 114 valence electrons. The number of fused-ring (bicyclic) bond motifs is 1. The van der Waals surface area contributed by atoms with Crippen molar-refractivity contribution in [1.82, 2.24) is 14.0 Å². The lowest BCUT2D eigenvalue weighted by Crippen LogP contribution is -2.22. The predicted octanol–water partition coefficient (Wildman–Crippen LogP) is 3.48. The standard InChI is InChI=1S/C18H21N3O/c1-5-20-11-12-21-15(18(2,3)4)14(19-16(21)17(20)22)13-9-7-6-8-10-13/h6-12H,5H2,1-4H3. The minimum atomic E-state index is -0.116. The minimum absolute atomic E-state index is 0.0438. The summed E-state index contributed by atoms with van der Waals surface area (Å²) in [4.78, 5) is 17.3. The van der Waals surface area contributed by atoms with E-state index in [0.29, 0.717) is 12.2 Å². The largest absolute Gasteiger partial charge is 0.311 e. The Hall–Kier alpha value is -2.36. The number of hydrogen-bond donors (Lipinski definition) is 0. The lowest BCUT2D eigenvalue weighted by Gasteiger charge is -2.20. The van der Waals surface area contributed by atoms with Gasteiger partial charge in [0.2, 0.25) is 5.65 Å². The van der Waals surface area contributed by atoms with Crippen LogP contribution in [0.1, 0.15) is 33.4 Å². The number of nitrogens with zero attached hydrogens (tertiary/aromatic N) is 3. The highest BCUT2D eigenvalue weighted by atomic mass is 16.1. The first-order valence-electron chi connectivity index (χ1n) is 7.61. The smallest absolute Gasteiger partial charge is 0.294 e. The number of benzene rings is 1. The molecule has 0 aliphatic carbocycles. The fraction of sp³-hybridized carbons (Fsp3) is 0.333. The second kappa shape index (κ2) is 5.13. The van der Waals surface area contributed by atoms with Crippen LogP contribution in [0.5, 0.6) is 0 Å². The van der Waals surface area contributed by atoms with Gasteiger partial charge < -0.3 is 4.57 Å². The van der Waals surface area contributed by atoms with Gasteiger partial charge in [0.1, 0.15) is 0 Å². The first kappa shape index (κ1) is 14.6. The fourth-order valence-electron chi connectivity index (χ4n) is 2.83. The highest BCUT2D eigenvalue weighted by molar-refractivity contribution is 5.67. The van der Waals surface area contributed by atoms with Crippen molar-refractivity contribution < 1.29 is 0 Å². The molecular formula is C18H21N3O. The highest BCUT2D eigenvalue weighted by Crippen LogP contribution is 2.32. The van der Waals surface area contributed by atoms with Crippen LogP contribution in [0.2, 0.25) is 0 Å². The highest BCUT2D eigenvalue weighted by Gasteiger charge is 2.26. The summed E-state index contributed by atoms with van der Waals surface area (Å²) < 4.78 is 3.63. The van der Waals surface area contributed by atoms with Gasteiger partial charge in [-0.25, -0.2) is 4.98 Å². The third-order valence-electron chi connectivity index (χ3n) is 3.86. The zero-order valence-electron chi connectivity index (χ0n) is 13.5. The van der Waals surface area contributed by atoms with Crippen molar-refractivity contribution >= 4 is 5.65 Å². The molecule has 0 spiro atoms. The summed E-state index contributed by atoms with van der Waals surface area (Å²) in [7, 11) is 0. The van der Waals surface area contributed by atoms with E-state index in [9.17, 15) is 4.79 Å². The second-order valence-electron chi connectivity index (χ2n) is 6.51. The van der Waals surface area contributed by atoms with Crippen LogP contribution in [0.25, 0.3) is 16.9 Å². The Morgan fingerprint density at radius 2 is 1.77 bits per heavy atom. The lowest BCUT2D eigenvalue weighted by molar-refractivity contribution is 0.563. The summed E-state index contributed by atoms with van der Waals surface area (Å²) in [5.41, 5.74) is 3.33. The van der Waals surface area contributed by atoms with Crippen molar-refractivity contribution in [2.75, 3.05) is 0 Å². The van der Waals surface area contributed by atoms with Crippen LogP contribution in [-0.2, 0) is 12.0 Å². The number of rotatable bonds is 2. The summed E-state index contributed by atoms with van der Waals surface area (Å²) in [6.45, 7) is 9.05. The maximum Gasteiger partial charge on any atom is 0.294 e.